The summed E-state index contributed by atoms with van der Waals surface area (Å²) < 4.78 is 10.6. The molecule has 0 spiro atoms. The molecule has 1 aromatic heterocycles. The number of hydrogen-bond donors (Lipinski definition) is 2. The fourth-order valence-corrected chi connectivity index (χ4v) is 3.75. The molecule has 144 valence electrons. The zero-order valence-corrected chi connectivity index (χ0v) is 16.3. The highest BCUT2D eigenvalue weighted by Gasteiger charge is 2.16. The largest absolute Gasteiger partial charge is 0.454 e. The van der Waals surface area contributed by atoms with Crippen molar-refractivity contribution < 1.29 is 14.3 Å². The molecule has 29 heavy (non-hydrogen) atoms. The lowest BCUT2D eigenvalue weighted by molar-refractivity contribution is 0.102. The third kappa shape index (κ3) is 3.26. The molecule has 1 aliphatic rings. The van der Waals surface area contributed by atoms with Crippen molar-refractivity contribution in [1.82, 2.24) is 9.97 Å². The lowest BCUT2D eigenvalue weighted by Gasteiger charge is -2.06. The number of rotatable bonds is 3. The molecule has 3 aromatic carbocycles. The minimum absolute atomic E-state index is 0.182. The molecule has 0 radical (unpaired) electrons. The van der Waals surface area contributed by atoms with Crippen LogP contribution in [0.4, 0.5) is 5.69 Å². The maximum Gasteiger partial charge on any atom is 0.255 e. The zero-order chi connectivity index (χ0) is 20.0. The summed E-state index contributed by atoms with van der Waals surface area (Å²) in [6, 6.07) is 15.7. The van der Waals surface area contributed by atoms with Gasteiger partial charge in [-0.25, -0.2) is 4.98 Å². The molecule has 0 saturated carbocycles. The fourth-order valence-electron chi connectivity index (χ4n) is 3.17. The molecule has 0 unspecified atom stereocenters. The maximum atomic E-state index is 12.7. The van der Waals surface area contributed by atoms with Gasteiger partial charge in [0.25, 0.3) is 5.91 Å². The summed E-state index contributed by atoms with van der Waals surface area (Å²) in [7, 11) is 0. The Bertz CT molecular complexity index is 1250. The van der Waals surface area contributed by atoms with Crippen LogP contribution in [0.5, 0.6) is 11.5 Å². The molecule has 4 aromatic rings. The van der Waals surface area contributed by atoms with E-state index in [-0.39, 0.29) is 12.7 Å². The lowest BCUT2D eigenvalue weighted by atomic mass is 10.2. The predicted molar refractivity (Wildman–Crippen MR) is 112 cm³/mol. The summed E-state index contributed by atoms with van der Waals surface area (Å²) in [6.45, 7) is 0.182. The second-order valence-corrected chi connectivity index (χ2v) is 7.25. The topological polar surface area (TPSA) is 76.2 Å². The number of benzene rings is 3. The van der Waals surface area contributed by atoms with E-state index < -0.39 is 0 Å². The number of ether oxygens (including phenoxy) is 2. The third-order valence-electron chi connectivity index (χ3n) is 4.57. The van der Waals surface area contributed by atoms with Crippen molar-refractivity contribution in [3.05, 3.63) is 70.2 Å². The molecule has 0 saturated heterocycles. The van der Waals surface area contributed by atoms with Crippen LogP contribution in [0.1, 0.15) is 10.4 Å². The molecule has 2 heterocycles. The van der Waals surface area contributed by atoms with Gasteiger partial charge in [0.05, 0.1) is 26.6 Å². The monoisotopic (exact) mass is 425 g/mol. The highest BCUT2D eigenvalue weighted by molar-refractivity contribution is 6.39. The first-order valence-electron chi connectivity index (χ1n) is 8.73. The Hall–Kier alpha value is -3.22. The molecule has 5 rings (SSSR count). The second-order valence-electron chi connectivity index (χ2n) is 6.44. The summed E-state index contributed by atoms with van der Waals surface area (Å²) in [5.74, 6) is 1.56. The van der Waals surface area contributed by atoms with Crippen molar-refractivity contribution in [2.24, 2.45) is 0 Å². The van der Waals surface area contributed by atoms with E-state index in [9.17, 15) is 4.79 Å². The number of carbonyl (C=O) groups is 1. The molecule has 8 heteroatoms. The maximum absolute atomic E-state index is 12.7. The van der Waals surface area contributed by atoms with Gasteiger partial charge in [-0.3, -0.25) is 4.79 Å². The van der Waals surface area contributed by atoms with Crippen LogP contribution in [-0.2, 0) is 0 Å². The van der Waals surface area contributed by atoms with Crippen LogP contribution in [-0.4, -0.2) is 22.7 Å². The standard InChI is InChI=1S/C21H13Cl2N3O3/c22-13-2-1-3-14(23)19(13)20-25-15-6-4-11(8-16(15)26-20)21(27)24-12-5-7-17-18(9-12)29-10-28-17/h1-9H,10H2,(H,24,27)(H,25,26). The van der Waals surface area contributed by atoms with Crippen LogP contribution in [0.2, 0.25) is 10.0 Å². The van der Waals surface area contributed by atoms with Gasteiger partial charge in [0, 0.05) is 17.3 Å². The number of hydrogen-bond acceptors (Lipinski definition) is 4. The third-order valence-corrected chi connectivity index (χ3v) is 5.20. The Labute approximate surface area is 175 Å². The van der Waals surface area contributed by atoms with Gasteiger partial charge in [-0.1, -0.05) is 29.3 Å². The number of carbonyl (C=O) groups excluding carboxylic acids is 1. The van der Waals surface area contributed by atoms with Gasteiger partial charge < -0.3 is 19.8 Å². The van der Waals surface area contributed by atoms with Crippen molar-refractivity contribution in [3.8, 4) is 22.9 Å². The number of amides is 1. The predicted octanol–water partition coefficient (Wildman–Crippen LogP) is 5.52. The molecule has 0 atom stereocenters. The van der Waals surface area contributed by atoms with Crippen LogP contribution >= 0.6 is 23.2 Å². The number of aromatic nitrogens is 2. The first-order valence-corrected chi connectivity index (χ1v) is 9.49. The molecular formula is C21H13Cl2N3O3. The Balaban J connectivity index is 1.44. The number of fused-ring (bicyclic) bond motifs is 2. The van der Waals surface area contributed by atoms with Gasteiger partial charge in [-0.05, 0) is 42.5 Å². The van der Waals surface area contributed by atoms with E-state index in [1.165, 1.54) is 0 Å². The fraction of sp³-hybridized carbons (Fsp3) is 0.0476. The van der Waals surface area contributed by atoms with E-state index in [2.05, 4.69) is 15.3 Å². The van der Waals surface area contributed by atoms with E-state index in [1.807, 2.05) is 0 Å². The van der Waals surface area contributed by atoms with Gasteiger partial charge >= 0.3 is 0 Å². The molecule has 0 bridgehead atoms. The molecule has 2 N–H and O–H groups in total. The van der Waals surface area contributed by atoms with E-state index in [1.54, 1.807) is 54.6 Å². The summed E-state index contributed by atoms with van der Waals surface area (Å²) in [5.41, 5.74) is 3.13. The van der Waals surface area contributed by atoms with E-state index in [4.69, 9.17) is 32.7 Å². The highest BCUT2D eigenvalue weighted by atomic mass is 35.5. The minimum atomic E-state index is -0.252. The number of imidazole rings is 1. The molecule has 0 aliphatic carbocycles. The Morgan fingerprint density at radius 2 is 1.79 bits per heavy atom. The van der Waals surface area contributed by atoms with Gasteiger partial charge in [0.1, 0.15) is 5.82 Å². The van der Waals surface area contributed by atoms with Gasteiger partial charge in [0.2, 0.25) is 6.79 Å². The Morgan fingerprint density at radius 1 is 1.00 bits per heavy atom. The number of nitrogens with zero attached hydrogens (tertiary/aromatic N) is 1. The van der Waals surface area contributed by atoms with Crippen molar-refractivity contribution in [2.45, 2.75) is 0 Å². The lowest BCUT2D eigenvalue weighted by Crippen LogP contribution is -2.11. The van der Waals surface area contributed by atoms with Crippen molar-refractivity contribution >= 4 is 45.8 Å². The SMILES string of the molecule is O=C(Nc1ccc2c(c1)OCO2)c1ccc2nc(-c3c(Cl)cccc3Cl)[nH]c2c1. The second kappa shape index (κ2) is 6.99. The van der Waals surface area contributed by atoms with Crippen molar-refractivity contribution in [2.75, 3.05) is 12.1 Å². The smallest absolute Gasteiger partial charge is 0.255 e. The number of H-pyrrole nitrogens is 1. The summed E-state index contributed by atoms with van der Waals surface area (Å²) in [4.78, 5) is 20.4. The van der Waals surface area contributed by atoms with Gasteiger partial charge in [0.15, 0.2) is 11.5 Å². The first-order chi connectivity index (χ1) is 14.1. The zero-order valence-electron chi connectivity index (χ0n) is 14.8. The average molecular weight is 426 g/mol. The normalized spacial score (nSPS) is 12.3. The quantitative estimate of drug-likeness (QED) is 0.453. The molecule has 0 fully saturated rings. The van der Waals surface area contributed by atoms with Crippen molar-refractivity contribution in [3.63, 3.8) is 0 Å². The molecule has 1 aliphatic heterocycles. The molecular weight excluding hydrogens is 413 g/mol. The Kier molecular flexibility index (Phi) is 4.30. The van der Waals surface area contributed by atoms with Crippen LogP contribution in [0.15, 0.2) is 54.6 Å². The number of halogens is 2. The number of nitrogens with one attached hydrogen (secondary N) is 2. The van der Waals surface area contributed by atoms with Gasteiger partial charge in [-0.2, -0.15) is 0 Å². The molecule has 1 amide bonds. The summed E-state index contributed by atoms with van der Waals surface area (Å²) >= 11 is 12.6. The minimum Gasteiger partial charge on any atom is -0.454 e. The van der Waals surface area contributed by atoms with Crippen LogP contribution in [0, 0.1) is 0 Å². The summed E-state index contributed by atoms with van der Waals surface area (Å²) in [5, 5.41) is 3.85. The number of aromatic amines is 1. The van der Waals surface area contributed by atoms with Crippen LogP contribution in [0.25, 0.3) is 22.4 Å². The number of anilines is 1. The average Bonchev–Trinajstić information content (AvgIpc) is 3.33. The van der Waals surface area contributed by atoms with Crippen LogP contribution < -0.4 is 14.8 Å². The van der Waals surface area contributed by atoms with Gasteiger partial charge in [-0.15, -0.1) is 0 Å². The summed E-state index contributed by atoms with van der Waals surface area (Å²) in [6.07, 6.45) is 0. The Morgan fingerprint density at radius 3 is 2.62 bits per heavy atom. The highest BCUT2D eigenvalue weighted by Crippen LogP contribution is 2.35. The van der Waals surface area contributed by atoms with Crippen molar-refractivity contribution in [1.29, 1.82) is 0 Å². The first kappa shape index (κ1) is 17.8. The van der Waals surface area contributed by atoms with E-state index >= 15 is 0 Å². The van der Waals surface area contributed by atoms with E-state index in [0.717, 1.165) is 0 Å². The molecule has 6 nitrogen and oxygen atoms in total. The van der Waals surface area contributed by atoms with Crippen LogP contribution in [0.3, 0.4) is 0 Å². The van der Waals surface area contributed by atoms with E-state index in [0.29, 0.717) is 55.2 Å².